The van der Waals surface area contributed by atoms with Gasteiger partial charge >= 0.3 is 5.97 Å². The predicted octanol–water partition coefficient (Wildman–Crippen LogP) is 8.98. The van der Waals surface area contributed by atoms with E-state index in [4.69, 9.17) is 21.1 Å². The van der Waals surface area contributed by atoms with E-state index in [0.29, 0.717) is 61.7 Å². The first-order chi connectivity index (χ1) is 25.2. The molecule has 0 bridgehead atoms. The van der Waals surface area contributed by atoms with E-state index in [2.05, 4.69) is 42.3 Å². The average Bonchev–Trinajstić information content (AvgIpc) is 3.78. The second-order valence-electron chi connectivity index (χ2n) is 16.1. The molecule has 278 valence electrons. The van der Waals surface area contributed by atoms with Crippen molar-refractivity contribution in [1.82, 2.24) is 9.88 Å². The number of hydrogen-bond acceptors (Lipinski definition) is 6. The van der Waals surface area contributed by atoms with E-state index in [1.807, 2.05) is 29.3 Å². The molecule has 2 aromatic carbocycles. The zero-order valence-corrected chi connectivity index (χ0v) is 31.6. The van der Waals surface area contributed by atoms with Gasteiger partial charge < -0.3 is 24.8 Å². The number of nitrogens with zero attached hydrogens (tertiary/aromatic N) is 2. The normalized spacial score (nSPS) is 25.7. The van der Waals surface area contributed by atoms with Gasteiger partial charge in [0.1, 0.15) is 17.0 Å². The lowest BCUT2D eigenvalue weighted by atomic mass is 9.59. The van der Waals surface area contributed by atoms with Crippen molar-refractivity contribution in [3.63, 3.8) is 0 Å². The molecule has 1 spiro atoms. The topological polar surface area (TPSA) is 101 Å². The van der Waals surface area contributed by atoms with Gasteiger partial charge in [0.05, 0.1) is 13.2 Å². The van der Waals surface area contributed by atoms with Gasteiger partial charge in [0, 0.05) is 47.7 Å². The lowest BCUT2D eigenvalue weighted by Crippen LogP contribution is -2.53. The van der Waals surface area contributed by atoms with Gasteiger partial charge in [0.2, 0.25) is 5.91 Å². The molecule has 8 nitrogen and oxygen atoms in total. The molecule has 1 unspecified atom stereocenters. The Morgan fingerprint density at radius 1 is 1.06 bits per heavy atom. The molecule has 9 heteroatoms. The van der Waals surface area contributed by atoms with Gasteiger partial charge in [-0.15, -0.1) is 0 Å². The number of amides is 1. The first-order valence-corrected chi connectivity index (χ1v) is 20.0. The standard InChI is InChI=1S/C43H54ClN3O5/c1-29(28-52-38-15-20-45-37-11-5-8-30(2)40(37)38)24-32-25-31-13-14-35(51-23-7-12-39(48)47-21-3-4-22-47)27-36(31)42(32)16-18-43(19-17-42,41(49)50)46-34-10-6-9-33(44)26-34/h6,9-10,13-15,20,26-27,29-30,32,46H,3-5,7-8,11-12,16-19,21-25,28H2,1-2H3,(H,49,50)/t29-,30-,32?,42?,43?/m1/s1. The van der Waals surface area contributed by atoms with Crippen molar-refractivity contribution in [3.05, 3.63) is 82.1 Å². The summed E-state index contributed by atoms with van der Waals surface area (Å²) in [7, 11) is 0. The van der Waals surface area contributed by atoms with Crippen LogP contribution in [0.15, 0.2) is 54.7 Å². The van der Waals surface area contributed by atoms with Crippen LogP contribution in [-0.4, -0.2) is 58.7 Å². The smallest absolute Gasteiger partial charge is 0.329 e. The van der Waals surface area contributed by atoms with Crippen LogP contribution in [0.5, 0.6) is 11.5 Å². The zero-order chi connectivity index (χ0) is 36.3. The molecule has 2 heterocycles. The number of carboxylic acids is 1. The van der Waals surface area contributed by atoms with Crippen LogP contribution in [0.4, 0.5) is 5.69 Å². The second kappa shape index (κ2) is 15.7. The van der Waals surface area contributed by atoms with Crippen LogP contribution in [0.1, 0.15) is 113 Å². The maximum absolute atomic E-state index is 13.0. The summed E-state index contributed by atoms with van der Waals surface area (Å²) in [4.78, 5) is 32.2. The highest BCUT2D eigenvalue weighted by Crippen LogP contribution is 2.57. The van der Waals surface area contributed by atoms with Crippen molar-refractivity contribution in [2.24, 2.45) is 11.8 Å². The van der Waals surface area contributed by atoms with Gasteiger partial charge in [0.15, 0.2) is 0 Å². The fourth-order valence-electron chi connectivity index (χ4n) is 9.70. The monoisotopic (exact) mass is 727 g/mol. The maximum Gasteiger partial charge on any atom is 0.329 e. The molecule has 3 aliphatic carbocycles. The van der Waals surface area contributed by atoms with Crippen molar-refractivity contribution >= 4 is 29.2 Å². The number of likely N-dealkylation sites (tertiary alicyclic amines) is 1. The molecule has 1 amide bonds. The van der Waals surface area contributed by atoms with Crippen LogP contribution in [0.2, 0.25) is 5.02 Å². The summed E-state index contributed by atoms with van der Waals surface area (Å²) >= 11 is 6.29. The second-order valence-corrected chi connectivity index (χ2v) is 16.5. The van der Waals surface area contributed by atoms with Crippen LogP contribution < -0.4 is 14.8 Å². The SMILES string of the molecule is C[C@@H](COc1ccnc2c1[C@H](C)CCC2)CC1Cc2ccc(OCCCC(=O)N3CCCC3)cc2C12CCC(Nc1cccc(Cl)c1)(C(=O)O)CC2. The lowest BCUT2D eigenvalue weighted by Gasteiger charge is -2.47. The Morgan fingerprint density at radius 2 is 1.87 bits per heavy atom. The molecular formula is C43H54ClN3O5. The van der Waals surface area contributed by atoms with E-state index in [-0.39, 0.29) is 11.3 Å². The average molecular weight is 728 g/mol. The van der Waals surface area contributed by atoms with E-state index in [9.17, 15) is 14.7 Å². The number of fused-ring (bicyclic) bond motifs is 3. The molecule has 2 fully saturated rings. The number of carboxylic acid groups (broad SMARTS) is 1. The minimum absolute atomic E-state index is 0.173. The number of aryl methyl sites for hydroxylation is 1. The van der Waals surface area contributed by atoms with Crippen molar-refractivity contribution in [1.29, 1.82) is 0 Å². The molecule has 0 radical (unpaired) electrons. The van der Waals surface area contributed by atoms with Crippen LogP contribution in [0.25, 0.3) is 0 Å². The van der Waals surface area contributed by atoms with Gasteiger partial charge in [-0.05, 0) is 148 Å². The third-order valence-corrected chi connectivity index (χ3v) is 12.8. The number of aromatic nitrogens is 1. The van der Waals surface area contributed by atoms with Crippen LogP contribution in [-0.2, 0) is 27.8 Å². The Kier molecular flexibility index (Phi) is 11.0. The molecule has 52 heavy (non-hydrogen) atoms. The highest BCUT2D eigenvalue weighted by Gasteiger charge is 2.54. The van der Waals surface area contributed by atoms with Crippen LogP contribution in [0, 0.1) is 11.8 Å². The van der Waals surface area contributed by atoms with E-state index in [0.717, 1.165) is 75.2 Å². The summed E-state index contributed by atoms with van der Waals surface area (Å²) in [5.74, 6) is 2.31. The number of carbonyl (C=O) groups excluding carboxylic acids is 1. The van der Waals surface area contributed by atoms with Crippen molar-refractivity contribution in [3.8, 4) is 11.5 Å². The highest BCUT2D eigenvalue weighted by atomic mass is 35.5. The lowest BCUT2D eigenvalue weighted by molar-refractivity contribution is -0.144. The Balaban J connectivity index is 1.08. The van der Waals surface area contributed by atoms with E-state index < -0.39 is 11.5 Å². The number of ether oxygens (including phenoxy) is 2. The van der Waals surface area contributed by atoms with E-state index in [1.165, 1.54) is 35.2 Å². The summed E-state index contributed by atoms with van der Waals surface area (Å²) in [5.41, 5.74) is 4.57. The Hall–Kier alpha value is -3.78. The molecule has 3 aromatic rings. The fourth-order valence-corrected chi connectivity index (χ4v) is 9.89. The number of aliphatic carboxylic acids is 1. The quantitative estimate of drug-likeness (QED) is 0.170. The Bertz CT molecular complexity index is 1750. The summed E-state index contributed by atoms with van der Waals surface area (Å²) in [5, 5.41) is 14.6. The maximum atomic E-state index is 13.0. The summed E-state index contributed by atoms with van der Waals surface area (Å²) in [6, 6.07) is 15.9. The number of rotatable bonds is 13. The van der Waals surface area contributed by atoms with Crippen molar-refractivity contribution in [2.45, 2.75) is 114 Å². The summed E-state index contributed by atoms with van der Waals surface area (Å²) in [6.07, 6.45) is 13.1. The van der Waals surface area contributed by atoms with Crippen molar-refractivity contribution < 1.29 is 24.2 Å². The number of hydrogen-bond donors (Lipinski definition) is 2. The van der Waals surface area contributed by atoms with E-state index >= 15 is 0 Å². The molecule has 1 saturated carbocycles. The third-order valence-electron chi connectivity index (χ3n) is 12.5. The summed E-state index contributed by atoms with van der Waals surface area (Å²) in [6.45, 7) is 7.44. The zero-order valence-electron chi connectivity index (χ0n) is 30.8. The molecule has 1 aromatic heterocycles. The number of nitrogens with one attached hydrogen (secondary N) is 1. The molecular weight excluding hydrogens is 674 g/mol. The Morgan fingerprint density at radius 3 is 2.63 bits per heavy atom. The third kappa shape index (κ3) is 7.64. The van der Waals surface area contributed by atoms with Gasteiger partial charge in [-0.3, -0.25) is 9.78 Å². The van der Waals surface area contributed by atoms with Crippen LogP contribution >= 0.6 is 11.6 Å². The number of benzene rings is 2. The molecule has 4 aliphatic rings. The predicted molar refractivity (Wildman–Crippen MR) is 205 cm³/mol. The highest BCUT2D eigenvalue weighted by molar-refractivity contribution is 6.30. The molecule has 2 N–H and O–H groups in total. The molecule has 1 aliphatic heterocycles. The van der Waals surface area contributed by atoms with Gasteiger partial charge in [0.25, 0.3) is 0 Å². The molecule has 1 saturated heterocycles. The first kappa shape index (κ1) is 36.6. The van der Waals surface area contributed by atoms with Gasteiger partial charge in [-0.2, -0.15) is 0 Å². The molecule has 3 atom stereocenters. The molecule has 7 rings (SSSR count). The number of carbonyl (C=O) groups is 2. The number of halogens is 1. The minimum Gasteiger partial charge on any atom is -0.494 e. The Labute approximate surface area is 313 Å². The van der Waals surface area contributed by atoms with Gasteiger partial charge in [-0.25, -0.2) is 4.79 Å². The number of pyridine rings is 1. The first-order valence-electron chi connectivity index (χ1n) is 19.6. The fraction of sp³-hybridized carbons (Fsp3) is 0.558. The van der Waals surface area contributed by atoms with E-state index in [1.54, 1.807) is 12.1 Å². The minimum atomic E-state index is -1.08. The van der Waals surface area contributed by atoms with Crippen LogP contribution in [0.3, 0.4) is 0 Å². The number of anilines is 1. The van der Waals surface area contributed by atoms with Gasteiger partial charge in [-0.1, -0.05) is 37.6 Å². The summed E-state index contributed by atoms with van der Waals surface area (Å²) < 4.78 is 12.9. The van der Waals surface area contributed by atoms with Crippen molar-refractivity contribution in [2.75, 3.05) is 31.6 Å². The largest absolute Gasteiger partial charge is 0.494 e.